The van der Waals surface area contributed by atoms with Gasteiger partial charge in [0.1, 0.15) is 5.75 Å². The molecule has 8 heteroatoms. The fraction of sp³-hybridized carbons (Fsp3) is 0.350. The largest absolute Gasteiger partial charge is 0.496 e. The first-order valence-corrected chi connectivity index (χ1v) is 8.81. The molecule has 5 nitrogen and oxygen atoms in total. The highest BCUT2D eigenvalue weighted by molar-refractivity contribution is 5.85. The molecule has 0 N–H and O–H groups in total. The maximum absolute atomic E-state index is 13.5. The van der Waals surface area contributed by atoms with Crippen molar-refractivity contribution in [2.75, 3.05) is 7.11 Å². The number of para-hydroxylation sites is 1. The van der Waals surface area contributed by atoms with E-state index in [0.29, 0.717) is 24.2 Å². The Morgan fingerprint density at radius 1 is 1.18 bits per heavy atom. The Balaban J connectivity index is 2.36. The second kappa shape index (κ2) is 7.89. The van der Waals surface area contributed by atoms with E-state index in [0.717, 1.165) is 35.7 Å². The molecule has 1 saturated carbocycles. The Bertz CT molecular complexity index is 1010. The van der Waals surface area contributed by atoms with E-state index in [4.69, 9.17) is 11.3 Å². The van der Waals surface area contributed by atoms with Crippen molar-refractivity contribution in [3.63, 3.8) is 0 Å². The number of halogens is 3. The first-order valence-electron chi connectivity index (χ1n) is 8.81. The van der Waals surface area contributed by atoms with E-state index in [-0.39, 0.29) is 5.69 Å². The fourth-order valence-electron chi connectivity index (χ4n) is 3.26. The molecule has 1 aromatic heterocycles. The van der Waals surface area contributed by atoms with Gasteiger partial charge in [0.15, 0.2) is 0 Å². The quantitative estimate of drug-likeness (QED) is 0.672. The maximum atomic E-state index is 13.5. The van der Waals surface area contributed by atoms with Crippen LogP contribution in [-0.2, 0) is 6.18 Å². The molecule has 1 fully saturated rings. The summed E-state index contributed by atoms with van der Waals surface area (Å²) in [5.41, 5.74) is -2.35. The molecule has 146 valence electrons. The lowest BCUT2D eigenvalue weighted by atomic mass is 9.99. The molecule has 0 radical (unpaired) electrons. The second-order valence-electron chi connectivity index (χ2n) is 6.45. The SMILES string of the molecule is [C-]#[N+]c1c(C(F)(F)F)cc(-c2ccccc2OC)n(N=C2CCCCC2)c1=O. The van der Waals surface area contributed by atoms with Crippen LogP contribution in [0, 0.1) is 6.57 Å². The highest BCUT2D eigenvalue weighted by atomic mass is 19.4. The van der Waals surface area contributed by atoms with Crippen LogP contribution < -0.4 is 10.3 Å². The van der Waals surface area contributed by atoms with Gasteiger partial charge in [-0.1, -0.05) is 18.6 Å². The second-order valence-corrected chi connectivity index (χ2v) is 6.45. The summed E-state index contributed by atoms with van der Waals surface area (Å²) in [5, 5.41) is 4.36. The number of rotatable bonds is 3. The standard InChI is InChI=1S/C20H18F3N3O2/c1-24-18-15(20(21,22)23)12-16(14-10-6-7-11-17(14)28-2)26(19(18)27)25-13-8-4-3-5-9-13/h6-7,10-12H,3-5,8-9H2,2H3. The van der Waals surface area contributed by atoms with Gasteiger partial charge in [0.25, 0.3) is 11.2 Å². The molecule has 0 saturated heterocycles. The van der Waals surface area contributed by atoms with Gasteiger partial charge in [-0.25, -0.2) is 9.52 Å². The van der Waals surface area contributed by atoms with Crippen LogP contribution in [0.25, 0.3) is 16.1 Å². The smallest absolute Gasteiger partial charge is 0.407 e. The van der Waals surface area contributed by atoms with Crippen LogP contribution in [0.5, 0.6) is 5.75 Å². The van der Waals surface area contributed by atoms with E-state index in [1.54, 1.807) is 24.3 Å². The molecule has 0 amide bonds. The van der Waals surface area contributed by atoms with E-state index >= 15 is 0 Å². The van der Waals surface area contributed by atoms with E-state index in [2.05, 4.69) is 9.95 Å². The molecule has 3 rings (SSSR count). The van der Waals surface area contributed by atoms with Crippen LogP contribution in [-0.4, -0.2) is 17.5 Å². The Labute approximate surface area is 159 Å². The zero-order valence-corrected chi connectivity index (χ0v) is 15.2. The number of nitrogens with zero attached hydrogens (tertiary/aromatic N) is 3. The van der Waals surface area contributed by atoms with Gasteiger partial charge in [-0.3, -0.25) is 4.79 Å². The van der Waals surface area contributed by atoms with E-state index in [9.17, 15) is 18.0 Å². The topological polar surface area (TPSA) is 48.0 Å². The monoisotopic (exact) mass is 389 g/mol. The molecule has 1 heterocycles. The van der Waals surface area contributed by atoms with Gasteiger partial charge in [0.05, 0.1) is 24.9 Å². The van der Waals surface area contributed by atoms with Crippen LogP contribution in [0.3, 0.4) is 0 Å². The number of aromatic nitrogens is 1. The van der Waals surface area contributed by atoms with Crippen molar-refractivity contribution in [3.8, 4) is 17.0 Å². The summed E-state index contributed by atoms with van der Waals surface area (Å²) in [5.74, 6) is 0.309. The lowest BCUT2D eigenvalue weighted by Crippen LogP contribution is -2.24. The molecular weight excluding hydrogens is 371 g/mol. The van der Waals surface area contributed by atoms with Crippen molar-refractivity contribution >= 4 is 11.4 Å². The van der Waals surface area contributed by atoms with Crippen LogP contribution >= 0.6 is 0 Å². The number of pyridine rings is 1. The van der Waals surface area contributed by atoms with Crippen molar-refractivity contribution < 1.29 is 17.9 Å². The Morgan fingerprint density at radius 3 is 2.46 bits per heavy atom. The average molecular weight is 389 g/mol. The van der Waals surface area contributed by atoms with Gasteiger partial charge in [-0.2, -0.15) is 18.3 Å². The van der Waals surface area contributed by atoms with Crippen molar-refractivity contribution in [1.29, 1.82) is 0 Å². The first-order chi connectivity index (χ1) is 13.4. The van der Waals surface area contributed by atoms with Gasteiger partial charge in [0, 0.05) is 11.3 Å². The van der Waals surface area contributed by atoms with Crippen molar-refractivity contribution in [3.05, 3.63) is 57.7 Å². The predicted octanol–water partition coefficient (Wildman–Crippen LogP) is 5.26. The van der Waals surface area contributed by atoms with E-state index in [1.165, 1.54) is 7.11 Å². The molecule has 1 aromatic carbocycles. The summed E-state index contributed by atoms with van der Waals surface area (Å²) in [4.78, 5) is 15.7. The predicted molar refractivity (Wildman–Crippen MR) is 99.9 cm³/mol. The molecule has 0 unspecified atom stereocenters. The molecule has 0 bridgehead atoms. The number of benzene rings is 1. The average Bonchev–Trinajstić information content (AvgIpc) is 2.69. The molecule has 1 aliphatic carbocycles. The molecule has 0 aliphatic heterocycles. The van der Waals surface area contributed by atoms with Crippen LogP contribution in [0.1, 0.15) is 37.7 Å². The van der Waals surface area contributed by atoms with Gasteiger partial charge in [0.2, 0.25) is 0 Å². The van der Waals surface area contributed by atoms with Crippen molar-refractivity contribution in [2.45, 2.75) is 38.3 Å². The number of hydrogen-bond acceptors (Lipinski definition) is 3. The molecule has 1 aliphatic rings. The first kappa shape index (κ1) is 19.7. The van der Waals surface area contributed by atoms with Gasteiger partial charge < -0.3 is 4.74 Å². The zero-order valence-electron chi connectivity index (χ0n) is 15.2. The number of hydrogen-bond donors (Lipinski definition) is 0. The van der Waals surface area contributed by atoms with Gasteiger partial charge in [-0.05, 0) is 43.9 Å². The third kappa shape index (κ3) is 3.79. The molecular formula is C20H18F3N3O2. The lowest BCUT2D eigenvalue weighted by Gasteiger charge is -2.18. The summed E-state index contributed by atoms with van der Waals surface area (Å²) in [7, 11) is 1.40. The molecule has 0 atom stereocenters. The highest BCUT2D eigenvalue weighted by Crippen LogP contribution is 2.38. The van der Waals surface area contributed by atoms with Crippen LogP contribution in [0.2, 0.25) is 0 Å². The Morgan fingerprint density at radius 2 is 1.86 bits per heavy atom. The number of ether oxygens (including phenoxy) is 1. The van der Waals surface area contributed by atoms with Gasteiger partial charge >= 0.3 is 6.18 Å². The number of methoxy groups -OCH3 is 1. The summed E-state index contributed by atoms with van der Waals surface area (Å²) in [6.45, 7) is 7.11. The van der Waals surface area contributed by atoms with E-state index < -0.39 is 23.0 Å². The number of alkyl halides is 3. The van der Waals surface area contributed by atoms with Crippen molar-refractivity contribution in [1.82, 2.24) is 4.68 Å². The molecule has 0 spiro atoms. The highest BCUT2D eigenvalue weighted by Gasteiger charge is 2.37. The zero-order chi connectivity index (χ0) is 20.3. The van der Waals surface area contributed by atoms with Gasteiger partial charge in [-0.15, -0.1) is 0 Å². The summed E-state index contributed by atoms with van der Waals surface area (Å²) >= 11 is 0. The fourth-order valence-corrected chi connectivity index (χ4v) is 3.26. The molecule has 28 heavy (non-hydrogen) atoms. The van der Waals surface area contributed by atoms with Crippen LogP contribution in [0.15, 0.2) is 40.2 Å². The minimum Gasteiger partial charge on any atom is -0.496 e. The Kier molecular flexibility index (Phi) is 5.54. The Hall–Kier alpha value is -3.08. The van der Waals surface area contributed by atoms with Crippen molar-refractivity contribution in [2.24, 2.45) is 5.10 Å². The lowest BCUT2D eigenvalue weighted by molar-refractivity contribution is -0.136. The summed E-state index contributed by atoms with van der Waals surface area (Å²) in [6.07, 6.45) is -0.624. The summed E-state index contributed by atoms with van der Waals surface area (Å²) in [6, 6.07) is 7.27. The normalized spacial score (nSPS) is 14.5. The van der Waals surface area contributed by atoms with E-state index in [1.807, 2.05) is 0 Å². The maximum Gasteiger partial charge on any atom is 0.407 e. The third-order valence-corrected chi connectivity index (χ3v) is 4.63. The molecule has 2 aromatic rings. The minimum absolute atomic E-state index is 0.0553. The third-order valence-electron chi connectivity index (χ3n) is 4.63. The van der Waals surface area contributed by atoms with Crippen LogP contribution in [0.4, 0.5) is 18.9 Å². The summed E-state index contributed by atoms with van der Waals surface area (Å²) < 4.78 is 46.8. The minimum atomic E-state index is -4.84.